The van der Waals surface area contributed by atoms with Crippen LogP contribution in [0.4, 0.5) is 0 Å². The number of ether oxygens (including phenoxy) is 1. The summed E-state index contributed by atoms with van der Waals surface area (Å²) >= 11 is 0. The molecule has 6 heteroatoms. The van der Waals surface area contributed by atoms with Crippen LogP contribution in [0.5, 0.6) is 0 Å². The van der Waals surface area contributed by atoms with Gasteiger partial charge in [0.05, 0.1) is 18.8 Å². The summed E-state index contributed by atoms with van der Waals surface area (Å²) < 4.78 is 5.25. The Morgan fingerprint density at radius 2 is 1.93 bits per heavy atom. The Bertz CT molecular complexity index is 635. The number of hydrogen-bond acceptors (Lipinski definition) is 6. The molecule has 2 bridgehead atoms. The van der Waals surface area contributed by atoms with E-state index in [1.165, 1.54) is 0 Å². The second kappa shape index (κ2) is 7.37. The number of aliphatic hydroxyl groups excluding tert-OH is 3. The minimum absolute atomic E-state index is 0.0401. The normalized spacial score (nSPS) is 48.5. The summed E-state index contributed by atoms with van der Waals surface area (Å²) in [5.74, 6) is -1.05. The number of rotatable bonds is 4. The molecule has 160 valence electrons. The Hall–Kier alpha value is -0.980. The highest BCUT2D eigenvalue weighted by Gasteiger charge is 2.68. The lowest BCUT2D eigenvalue weighted by molar-refractivity contribution is -0.207. The van der Waals surface area contributed by atoms with Crippen molar-refractivity contribution in [2.75, 3.05) is 13.2 Å². The number of Topliss-reactive ketones (excluding diaryl/α,β-unsaturated/α-hetero) is 1. The van der Waals surface area contributed by atoms with Gasteiger partial charge in [-0.25, -0.2) is 4.79 Å². The zero-order valence-electron chi connectivity index (χ0n) is 17.6. The van der Waals surface area contributed by atoms with Crippen LogP contribution < -0.4 is 0 Å². The van der Waals surface area contributed by atoms with Crippen LogP contribution in [-0.4, -0.2) is 52.5 Å². The van der Waals surface area contributed by atoms with E-state index in [0.717, 1.165) is 25.7 Å². The van der Waals surface area contributed by atoms with Crippen molar-refractivity contribution in [2.24, 2.45) is 34.0 Å². The van der Waals surface area contributed by atoms with Crippen LogP contribution in [0.1, 0.15) is 66.2 Å². The van der Waals surface area contributed by atoms with Gasteiger partial charge in [0.1, 0.15) is 12.4 Å². The number of carbonyl (C=O) groups is 2. The molecule has 8 atom stereocenters. The summed E-state index contributed by atoms with van der Waals surface area (Å²) in [6, 6.07) is 0. The van der Waals surface area contributed by atoms with E-state index in [2.05, 4.69) is 6.92 Å². The Kier molecular flexibility index (Phi) is 5.72. The molecular formula is C22H36O6. The van der Waals surface area contributed by atoms with E-state index >= 15 is 0 Å². The summed E-state index contributed by atoms with van der Waals surface area (Å²) in [6.07, 6.45) is 2.55. The maximum atomic E-state index is 13.1. The van der Waals surface area contributed by atoms with Crippen LogP contribution >= 0.6 is 0 Å². The minimum Gasteiger partial charge on any atom is -0.464 e. The Balaban J connectivity index is 2.08. The maximum absolute atomic E-state index is 13.1. The van der Waals surface area contributed by atoms with Crippen molar-refractivity contribution >= 4 is 11.8 Å². The van der Waals surface area contributed by atoms with Gasteiger partial charge < -0.3 is 20.1 Å². The predicted octanol–water partition coefficient (Wildman–Crippen LogP) is 2.08. The third-order valence-electron chi connectivity index (χ3n) is 9.05. The minimum atomic E-state index is -0.774. The summed E-state index contributed by atoms with van der Waals surface area (Å²) in [7, 11) is 0. The van der Waals surface area contributed by atoms with E-state index in [4.69, 9.17) is 9.84 Å². The molecule has 0 aromatic carbocycles. The first-order valence-electron chi connectivity index (χ1n) is 10.7. The van der Waals surface area contributed by atoms with Crippen molar-refractivity contribution in [3.05, 3.63) is 0 Å². The number of carbonyl (C=O) groups excluding carboxylic acids is 2. The average Bonchev–Trinajstić information content (AvgIpc) is 3.03. The van der Waals surface area contributed by atoms with Crippen molar-refractivity contribution in [1.29, 1.82) is 0 Å². The van der Waals surface area contributed by atoms with Crippen molar-refractivity contribution in [2.45, 2.75) is 78.4 Å². The van der Waals surface area contributed by atoms with Crippen LogP contribution in [-0.2, 0) is 14.3 Å². The molecule has 1 unspecified atom stereocenters. The first kappa shape index (κ1) is 21.7. The zero-order chi connectivity index (χ0) is 20.9. The third kappa shape index (κ3) is 2.94. The molecule has 3 fully saturated rings. The number of hydrogen-bond donors (Lipinski definition) is 3. The summed E-state index contributed by atoms with van der Waals surface area (Å²) in [6.45, 7) is 7.57. The first-order valence-corrected chi connectivity index (χ1v) is 10.7. The summed E-state index contributed by atoms with van der Waals surface area (Å²) in [5.41, 5.74) is -1.47. The van der Waals surface area contributed by atoms with Crippen molar-refractivity contribution in [3.8, 4) is 0 Å². The van der Waals surface area contributed by atoms with Crippen LogP contribution in [0, 0.1) is 34.0 Å². The second-order valence-corrected chi connectivity index (χ2v) is 10.0. The molecule has 0 heterocycles. The van der Waals surface area contributed by atoms with E-state index in [9.17, 15) is 19.8 Å². The fourth-order valence-corrected chi connectivity index (χ4v) is 6.93. The fraction of sp³-hybridized carbons (Fsp3) is 0.909. The van der Waals surface area contributed by atoms with Crippen molar-refractivity contribution < 1.29 is 29.6 Å². The van der Waals surface area contributed by atoms with E-state index in [0.29, 0.717) is 12.8 Å². The standard InChI is InChI=1S/C22H36O6/c1-5-20(3)10-16(25)21(4)14(12-28-17(26)11-23)6-8-22(13(2)19(20)27)9-7-15(24)18(21)22/h13-14,16,18-19,23,25,27H,5-12H2,1-4H3/t13-,14-,16+,18?,19-,20+,21-,22-/m0/s1. The molecule has 0 aromatic rings. The molecule has 3 aliphatic rings. The molecule has 3 saturated carbocycles. The van der Waals surface area contributed by atoms with Gasteiger partial charge >= 0.3 is 5.97 Å². The van der Waals surface area contributed by atoms with Gasteiger partial charge in [0.25, 0.3) is 0 Å². The van der Waals surface area contributed by atoms with Gasteiger partial charge in [-0.1, -0.05) is 27.7 Å². The largest absolute Gasteiger partial charge is 0.464 e. The lowest BCUT2D eigenvalue weighted by Gasteiger charge is -2.62. The van der Waals surface area contributed by atoms with Crippen LogP contribution in [0.3, 0.4) is 0 Å². The second-order valence-electron chi connectivity index (χ2n) is 10.0. The average molecular weight is 397 g/mol. The van der Waals surface area contributed by atoms with E-state index in [1.807, 2.05) is 20.8 Å². The molecule has 0 aliphatic heterocycles. The number of ketones is 1. The molecule has 0 spiro atoms. The van der Waals surface area contributed by atoms with E-state index in [1.54, 1.807) is 0 Å². The quantitative estimate of drug-likeness (QED) is 0.629. The smallest absolute Gasteiger partial charge is 0.331 e. The van der Waals surface area contributed by atoms with E-state index in [-0.39, 0.29) is 35.6 Å². The number of esters is 1. The van der Waals surface area contributed by atoms with Gasteiger partial charge in [-0.05, 0) is 48.9 Å². The molecule has 28 heavy (non-hydrogen) atoms. The third-order valence-corrected chi connectivity index (χ3v) is 9.05. The topological polar surface area (TPSA) is 104 Å². The van der Waals surface area contributed by atoms with Crippen molar-refractivity contribution in [3.63, 3.8) is 0 Å². The van der Waals surface area contributed by atoms with Gasteiger partial charge in [-0.2, -0.15) is 0 Å². The molecule has 6 nitrogen and oxygen atoms in total. The van der Waals surface area contributed by atoms with Gasteiger partial charge in [0.15, 0.2) is 0 Å². The summed E-state index contributed by atoms with van der Waals surface area (Å²) in [4.78, 5) is 24.7. The highest BCUT2D eigenvalue weighted by Crippen LogP contribution is 2.67. The van der Waals surface area contributed by atoms with Crippen molar-refractivity contribution in [1.82, 2.24) is 0 Å². The molecule has 0 saturated heterocycles. The lowest BCUT2D eigenvalue weighted by atomic mass is 9.43. The van der Waals surface area contributed by atoms with Gasteiger partial charge in [0.2, 0.25) is 0 Å². The van der Waals surface area contributed by atoms with Gasteiger partial charge in [0, 0.05) is 23.7 Å². The first-order chi connectivity index (χ1) is 13.1. The monoisotopic (exact) mass is 396 g/mol. The van der Waals surface area contributed by atoms with Gasteiger partial charge in [-0.3, -0.25) is 4.79 Å². The molecule has 3 rings (SSSR count). The van der Waals surface area contributed by atoms with Crippen LogP contribution in [0.2, 0.25) is 0 Å². The Labute approximate surface area is 167 Å². The Morgan fingerprint density at radius 3 is 2.54 bits per heavy atom. The lowest BCUT2D eigenvalue weighted by Crippen LogP contribution is -2.63. The van der Waals surface area contributed by atoms with E-state index < -0.39 is 35.6 Å². The SMILES string of the molecule is CC[C@]1(C)C[C@@H](O)[C@@]2(C)C3C(=O)CC[C@@]3(CC[C@H]2COC(=O)CO)[C@@H](C)[C@@H]1O. The molecule has 0 aromatic heterocycles. The zero-order valence-corrected chi connectivity index (χ0v) is 17.6. The molecule has 3 aliphatic carbocycles. The van der Waals surface area contributed by atoms with Crippen LogP contribution in [0.25, 0.3) is 0 Å². The predicted molar refractivity (Wildman–Crippen MR) is 103 cm³/mol. The molecule has 3 N–H and O–H groups in total. The highest BCUT2D eigenvalue weighted by molar-refractivity contribution is 5.85. The molecule has 0 amide bonds. The summed E-state index contributed by atoms with van der Waals surface area (Å²) in [5, 5.41) is 31.7. The molecule has 0 radical (unpaired) electrons. The van der Waals surface area contributed by atoms with Crippen LogP contribution in [0.15, 0.2) is 0 Å². The molecular weight excluding hydrogens is 360 g/mol. The fourth-order valence-electron chi connectivity index (χ4n) is 6.93. The van der Waals surface area contributed by atoms with Gasteiger partial charge in [-0.15, -0.1) is 0 Å². The maximum Gasteiger partial charge on any atom is 0.331 e. The number of aliphatic hydroxyl groups is 3. The highest BCUT2D eigenvalue weighted by atomic mass is 16.5. The Morgan fingerprint density at radius 1 is 1.25 bits per heavy atom.